The third-order valence-electron chi connectivity index (χ3n) is 2.08. The number of anilines is 1. The van der Waals surface area contributed by atoms with Crippen molar-refractivity contribution in [2.45, 2.75) is 6.54 Å². The van der Waals surface area contributed by atoms with Crippen molar-refractivity contribution >= 4 is 11.7 Å². The topological polar surface area (TPSA) is 81.2 Å². The Bertz CT molecular complexity index is 480. The fourth-order valence-corrected chi connectivity index (χ4v) is 1.27. The summed E-state index contributed by atoms with van der Waals surface area (Å²) in [5.41, 5.74) is 6.89. The molecule has 1 amide bonds. The van der Waals surface area contributed by atoms with E-state index in [9.17, 15) is 4.79 Å². The highest BCUT2D eigenvalue weighted by Crippen LogP contribution is 2.04. The molecule has 0 aliphatic carbocycles. The fraction of sp³-hybridized carbons (Fsp3) is 0.0909. The minimum atomic E-state index is -0.185. The number of hydrogen-bond donors (Lipinski definition) is 2. The number of nitrogens with one attached hydrogen (secondary N) is 1. The molecule has 16 heavy (non-hydrogen) atoms. The number of pyridine rings is 1. The molecule has 5 nitrogen and oxygen atoms in total. The molecule has 0 unspecified atom stereocenters. The maximum absolute atomic E-state index is 11.7. The SMILES string of the molecule is Nc1cc(C(=O)NCc2ccoc2)ccn1. The van der Waals surface area contributed by atoms with Gasteiger partial charge >= 0.3 is 0 Å². The first-order valence-corrected chi connectivity index (χ1v) is 4.76. The van der Waals surface area contributed by atoms with Crippen LogP contribution in [-0.2, 0) is 6.54 Å². The summed E-state index contributed by atoms with van der Waals surface area (Å²) in [6.45, 7) is 0.428. The van der Waals surface area contributed by atoms with Gasteiger partial charge in [0.25, 0.3) is 5.91 Å². The van der Waals surface area contributed by atoms with Crippen molar-refractivity contribution in [3.05, 3.63) is 48.0 Å². The number of nitrogen functional groups attached to an aromatic ring is 1. The predicted octanol–water partition coefficient (Wildman–Crippen LogP) is 1.19. The van der Waals surface area contributed by atoms with E-state index in [4.69, 9.17) is 10.2 Å². The van der Waals surface area contributed by atoms with Gasteiger partial charge in [-0.3, -0.25) is 4.79 Å². The highest BCUT2D eigenvalue weighted by Gasteiger charge is 2.05. The molecule has 2 heterocycles. The van der Waals surface area contributed by atoms with E-state index in [1.807, 2.05) is 0 Å². The molecule has 0 aliphatic rings. The van der Waals surface area contributed by atoms with Crippen LogP contribution in [0.4, 0.5) is 5.82 Å². The Balaban J connectivity index is 1.98. The molecule has 2 aromatic rings. The molecule has 0 spiro atoms. The lowest BCUT2D eigenvalue weighted by atomic mass is 10.2. The molecule has 5 heteroatoms. The molecule has 2 aromatic heterocycles. The standard InChI is InChI=1S/C11H11N3O2/c12-10-5-9(1-3-13-10)11(15)14-6-8-2-4-16-7-8/h1-5,7H,6H2,(H2,12,13)(H,14,15). The molecule has 0 saturated carbocycles. The second kappa shape index (κ2) is 4.48. The molecule has 3 N–H and O–H groups in total. The van der Waals surface area contributed by atoms with Gasteiger partial charge < -0.3 is 15.5 Å². The van der Waals surface area contributed by atoms with Crippen molar-refractivity contribution in [2.24, 2.45) is 0 Å². The Labute approximate surface area is 92.3 Å². The number of nitrogens with zero attached hydrogens (tertiary/aromatic N) is 1. The van der Waals surface area contributed by atoms with Gasteiger partial charge in [-0.2, -0.15) is 0 Å². The van der Waals surface area contributed by atoms with Gasteiger partial charge in [0.2, 0.25) is 0 Å². The van der Waals surface area contributed by atoms with Crippen molar-refractivity contribution in [2.75, 3.05) is 5.73 Å². The van der Waals surface area contributed by atoms with Crippen molar-refractivity contribution in [1.29, 1.82) is 0 Å². The van der Waals surface area contributed by atoms with Crippen LogP contribution < -0.4 is 11.1 Å². The molecule has 0 aromatic carbocycles. The predicted molar refractivity (Wildman–Crippen MR) is 58.5 cm³/mol. The van der Waals surface area contributed by atoms with E-state index in [2.05, 4.69) is 10.3 Å². The van der Waals surface area contributed by atoms with E-state index in [0.29, 0.717) is 17.9 Å². The smallest absolute Gasteiger partial charge is 0.251 e. The van der Waals surface area contributed by atoms with Gasteiger partial charge in [-0.15, -0.1) is 0 Å². The highest BCUT2D eigenvalue weighted by molar-refractivity contribution is 5.94. The van der Waals surface area contributed by atoms with Gasteiger partial charge in [0.15, 0.2) is 0 Å². The Morgan fingerprint density at radius 1 is 1.50 bits per heavy atom. The largest absolute Gasteiger partial charge is 0.472 e. The summed E-state index contributed by atoms with van der Waals surface area (Å²) >= 11 is 0. The highest BCUT2D eigenvalue weighted by atomic mass is 16.3. The Kier molecular flexibility index (Phi) is 2.86. The minimum absolute atomic E-state index is 0.185. The number of rotatable bonds is 3. The fourth-order valence-electron chi connectivity index (χ4n) is 1.27. The Morgan fingerprint density at radius 2 is 2.38 bits per heavy atom. The lowest BCUT2D eigenvalue weighted by molar-refractivity contribution is 0.0951. The van der Waals surface area contributed by atoms with Crippen LogP contribution in [-0.4, -0.2) is 10.9 Å². The molecule has 0 saturated heterocycles. The summed E-state index contributed by atoms with van der Waals surface area (Å²) in [6, 6.07) is 4.94. The molecule has 0 bridgehead atoms. The zero-order valence-electron chi connectivity index (χ0n) is 8.51. The van der Waals surface area contributed by atoms with Crippen molar-refractivity contribution in [1.82, 2.24) is 10.3 Å². The normalized spacial score (nSPS) is 10.0. The van der Waals surface area contributed by atoms with E-state index < -0.39 is 0 Å². The van der Waals surface area contributed by atoms with Crippen LogP contribution in [0.25, 0.3) is 0 Å². The summed E-state index contributed by atoms with van der Waals surface area (Å²) < 4.78 is 4.89. The number of furan rings is 1. The number of aromatic nitrogens is 1. The monoisotopic (exact) mass is 217 g/mol. The number of amides is 1. The first-order chi connectivity index (χ1) is 7.75. The molecular weight excluding hydrogens is 206 g/mol. The van der Waals surface area contributed by atoms with Gasteiger partial charge in [0.05, 0.1) is 12.5 Å². The maximum Gasteiger partial charge on any atom is 0.251 e. The zero-order valence-corrected chi connectivity index (χ0v) is 8.51. The summed E-state index contributed by atoms with van der Waals surface area (Å²) in [7, 11) is 0. The molecule has 0 fully saturated rings. The Morgan fingerprint density at radius 3 is 3.06 bits per heavy atom. The van der Waals surface area contributed by atoms with Crippen molar-refractivity contribution < 1.29 is 9.21 Å². The third kappa shape index (κ3) is 2.38. The maximum atomic E-state index is 11.7. The minimum Gasteiger partial charge on any atom is -0.472 e. The van der Waals surface area contributed by atoms with E-state index in [0.717, 1.165) is 5.56 Å². The van der Waals surface area contributed by atoms with Crippen LogP contribution in [0.5, 0.6) is 0 Å². The summed E-state index contributed by atoms with van der Waals surface area (Å²) in [4.78, 5) is 15.5. The second-order valence-electron chi connectivity index (χ2n) is 3.28. The number of carbonyl (C=O) groups excluding carboxylic acids is 1. The lowest BCUT2D eigenvalue weighted by Gasteiger charge is -2.03. The van der Waals surface area contributed by atoms with E-state index >= 15 is 0 Å². The van der Waals surface area contributed by atoms with E-state index in [1.54, 1.807) is 24.7 Å². The van der Waals surface area contributed by atoms with Gasteiger partial charge in [0.1, 0.15) is 5.82 Å². The van der Waals surface area contributed by atoms with Crippen LogP contribution in [0.15, 0.2) is 41.3 Å². The second-order valence-corrected chi connectivity index (χ2v) is 3.28. The third-order valence-corrected chi connectivity index (χ3v) is 2.08. The van der Waals surface area contributed by atoms with Crippen LogP contribution in [0.1, 0.15) is 15.9 Å². The molecule has 0 radical (unpaired) electrons. The number of carbonyl (C=O) groups is 1. The number of nitrogens with two attached hydrogens (primary N) is 1. The van der Waals surface area contributed by atoms with Crippen molar-refractivity contribution in [3.63, 3.8) is 0 Å². The zero-order chi connectivity index (χ0) is 11.4. The van der Waals surface area contributed by atoms with E-state index in [-0.39, 0.29) is 5.91 Å². The lowest BCUT2D eigenvalue weighted by Crippen LogP contribution is -2.22. The van der Waals surface area contributed by atoms with Gasteiger partial charge in [0, 0.05) is 23.9 Å². The Hall–Kier alpha value is -2.30. The van der Waals surface area contributed by atoms with Gasteiger partial charge in [-0.1, -0.05) is 0 Å². The van der Waals surface area contributed by atoms with Crippen molar-refractivity contribution in [3.8, 4) is 0 Å². The molecular formula is C11H11N3O2. The molecule has 0 atom stereocenters. The van der Waals surface area contributed by atoms with Gasteiger partial charge in [-0.05, 0) is 18.2 Å². The van der Waals surface area contributed by atoms with Crippen LogP contribution in [0.3, 0.4) is 0 Å². The van der Waals surface area contributed by atoms with E-state index in [1.165, 1.54) is 12.3 Å². The summed E-state index contributed by atoms with van der Waals surface area (Å²) in [5.74, 6) is 0.145. The van der Waals surface area contributed by atoms with Gasteiger partial charge in [-0.25, -0.2) is 4.98 Å². The first kappa shape index (κ1) is 10.2. The average Bonchev–Trinajstić information content (AvgIpc) is 2.78. The average molecular weight is 217 g/mol. The quantitative estimate of drug-likeness (QED) is 0.809. The number of hydrogen-bond acceptors (Lipinski definition) is 4. The molecule has 82 valence electrons. The first-order valence-electron chi connectivity index (χ1n) is 4.76. The molecule has 0 aliphatic heterocycles. The summed E-state index contributed by atoms with van der Waals surface area (Å²) in [6.07, 6.45) is 4.65. The van der Waals surface area contributed by atoms with Crippen LogP contribution in [0.2, 0.25) is 0 Å². The van der Waals surface area contributed by atoms with Crippen LogP contribution >= 0.6 is 0 Å². The summed E-state index contributed by atoms with van der Waals surface area (Å²) in [5, 5.41) is 2.75. The molecule has 2 rings (SSSR count). The van der Waals surface area contributed by atoms with Crippen LogP contribution in [0, 0.1) is 0 Å².